The van der Waals surface area contributed by atoms with Crippen molar-refractivity contribution in [2.75, 3.05) is 13.2 Å². The van der Waals surface area contributed by atoms with Crippen LogP contribution in [0.5, 0.6) is 11.5 Å². The van der Waals surface area contributed by atoms with Crippen LogP contribution in [-0.4, -0.2) is 13.2 Å². The molecule has 94 valence electrons. The molecule has 0 aromatic heterocycles. The Balaban J connectivity index is 2.48. The lowest BCUT2D eigenvalue weighted by Crippen LogP contribution is -2.16. The summed E-state index contributed by atoms with van der Waals surface area (Å²) in [4.78, 5) is 0. The highest BCUT2D eigenvalue weighted by Gasteiger charge is 2.19. The summed E-state index contributed by atoms with van der Waals surface area (Å²) in [6.07, 6.45) is 1.55. The Bertz CT molecular complexity index is 517. The number of nitrogens with zero attached hydrogens (tertiary/aromatic N) is 1. The zero-order valence-electron chi connectivity index (χ0n) is 10.2. The van der Waals surface area contributed by atoms with Gasteiger partial charge in [-0.15, -0.1) is 0 Å². The van der Waals surface area contributed by atoms with E-state index in [4.69, 9.17) is 26.3 Å². The van der Waals surface area contributed by atoms with E-state index in [2.05, 4.69) is 6.07 Å². The van der Waals surface area contributed by atoms with Gasteiger partial charge in [-0.25, -0.2) is 0 Å². The molecule has 2 rings (SSSR count). The van der Waals surface area contributed by atoms with Crippen LogP contribution in [-0.2, 0) is 0 Å². The predicted octanol–water partition coefficient (Wildman–Crippen LogP) is 3.73. The van der Waals surface area contributed by atoms with Crippen molar-refractivity contribution in [3.8, 4) is 17.6 Å². The molecule has 0 N–H and O–H groups in total. The first-order valence-electron chi connectivity index (χ1n) is 5.95. The third-order valence-corrected chi connectivity index (χ3v) is 3.13. The van der Waals surface area contributed by atoms with Crippen LogP contribution in [0.15, 0.2) is 23.8 Å². The summed E-state index contributed by atoms with van der Waals surface area (Å²) < 4.78 is 11.1. The number of ether oxygens (including phenoxy) is 2. The molecule has 18 heavy (non-hydrogen) atoms. The zero-order valence-corrected chi connectivity index (χ0v) is 11.0. The molecule has 0 saturated heterocycles. The van der Waals surface area contributed by atoms with Crippen LogP contribution >= 0.6 is 11.6 Å². The van der Waals surface area contributed by atoms with Gasteiger partial charge in [0.1, 0.15) is 13.2 Å². The monoisotopic (exact) mass is 263 g/mol. The molecule has 4 heteroatoms. The van der Waals surface area contributed by atoms with Crippen LogP contribution in [0.4, 0.5) is 0 Å². The molecule has 1 aromatic carbocycles. The highest BCUT2D eigenvalue weighted by atomic mass is 35.5. The van der Waals surface area contributed by atoms with Crippen molar-refractivity contribution in [2.45, 2.75) is 19.8 Å². The summed E-state index contributed by atoms with van der Waals surface area (Å²) in [6, 6.07) is 7.70. The van der Waals surface area contributed by atoms with Gasteiger partial charge in [0, 0.05) is 11.1 Å². The number of fused-ring (bicyclic) bond motifs is 1. The number of benzene rings is 1. The van der Waals surface area contributed by atoms with Crippen LogP contribution < -0.4 is 9.47 Å². The summed E-state index contributed by atoms with van der Waals surface area (Å²) in [5.74, 6) is 1.32. The van der Waals surface area contributed by atoms with E-state index in [0.717, 1.165) is 12.0 Å². The molecule has 1 aliphatic heterocycles. The van der Waals surface area contributed by atoms with Gasteiger partial charge >= 0.3 is 0 Å². The van der Waals surface area contributed by atoms with Gasteiger partial charge in [-0.2, -0.15) is 5.26 Å². The lowest BCUT2D eigenvalue weighted by molar-refractivity contribution is 0.171. The van der Waals surface area contributed by atoms with E-state index in [1.165, 1.54) is 0 Å². The summed E-state index contributed by atoms with van der Waals surface area (Å²) >= 11 is 6.31. The van der Waals surface area contributed by atoms with Gasteiger partial charge in [0.25, 0.3) is 0 Å². The first-order valence-corrected chi connectivity index (χ1v) is 6.33. The fourth-order valence-corrected chi connectivity index (χ4v) is 2.16. The van der Waals surface area contributed by atoms with Crippen LogP contribution in [0.2, 0.25) is 0 Å². The Morgan fingerprint density at radius 1 is 1.39 bits per heavy atom. The van der Waals surface area contributed by atoms with Crippen molar-refractivity contribution >= 4 is 16.6 Å². The molecule has 0 bridgehead atoms. The average Bonchev–Trinajstić information content (AvgIpc) is 2.43. The average molecular weight is 264 g/mol. The summed E-state index contributed by atoms with van der Waals surface area (Å²) in [5.41, 5.74) is 1.32. The van der Waals surface area contributed by atoms with Crippen molar-refractivity contribution in [1.82, 2.24) is 0 Å². The highest BCUT2D eigenvalue weighted by Crippen LogP contribution is 2.40. The molecule has 0 radical (unpaired) electrons. The van der Waals surface area contributed by atoms with Crippen molar-refractivity contribution in [1.29, 1.82) is 5.26 Å². The van der Waals surface area contributed by atoms with E-state index in [9.17, 15) is 0 Å². The van der Waals surface area contributed by atoms with Crippen LogP contribution in [0.1, 0.15) is 25.3 Å². The van der Waals surface area contributed by atoms with Crippen molar-refractivity contribution in [3.63, 3.8) is 0 Å². The fraction of sp³-hybridized carbons (Fsp3) is 0.357. The van der Waals surface area contributed by atoms with Crippen molar-refractivity contribution in [3.05, 3.63) is 29.3 Å². The van der Waals surface area contributed by atoms with Gasteiger partial charge in [0.05, 0.1) is 11.1 Å². The van der Waals surface area contributed by atoms with E-state index in [-0.39, 0.29) is 0 Å². The maximum Gasteiger partial charge on any atom is 0.170 e. The number of halogens is 1. The molecule has 1 aromatic rings. The molecule has 0 atom stereocenters. The van der Waals surface area contributed by atoms with Gasteiger partial charge in [-0.05, 0) is 18.6 Å². The number of nitriles is 1. The highest BCUT2D eigenvalue weighted by molar-refractivity contribution is 6.50. The maximum atomic E-state index is 9.13. The van der Waals surface area contributed by atoms with E-state index in [1.807, 2.05) is 25.1 Å². The van der Waals surface area contributed by atoms with E-state index in [1.54, 1.807) is 0 Å². The van der Waals surface area contributed by atoms with Gasteiger partial charge < -0.3 is 9.47 Å². The third-order valence-electron chi connectivity index (χ3n) is 2.70. The normalized spacial score (nSPS) is 14.7. The first kappa shape index (κ1) is 12.8. The van der Waals surface area contributed by atoms with Gasteiger partial charge in [0.2, 0.25) is 0 Å². The Hall–Kier alpha value is -1.66. The molecule has 3 nitrogen and oxygen atoms in total. The van der Waals surface area contributed by atoms with Crippen LogP contribution in [0.3, 0.4) is 0 Å². The second-order valence-electron chi connectivity index (χ2n) is 3.98. The summed E-state index contributed by atoms with van der Waals surface area (Å²) in [6.45, 7) is 3.06. The second-order valence-corrected chi connectivity index (χ2v) is 4.36. The van der Waals surface area contributed by atoms with Crippen LogP contribution in [0.25, 0.3) is 5.03 Å². The Kier molecular flexibility index (Phi) is 4.11. The molecule has 0 fully saturated rings. The molecular weight excluding hydrogens is 250 g/mol. The first-order chi connectivity index (χ1) is 8.77. The quantitative estimate of drug-likeness (QED) is 0.781. The largest absolute Gasteiger partial charge is 0.486 e. The van der Waals surface area contributed by atoms with E-state index >= 15 is 0 Å². The van der Waals surface area contributed by atoms with Crippen molar-refractivity contribution in [2.24, 2.45) is 0 Å². The molecule has 0 spiro atoms. The van der Waals surface area contributed by atoms with E-state index < -0.39 is 0 Å². The third kappa shape index (κ3) is 2.44. The minimum absolute atomic E-state index is 0.460. The zero-order chi connectivity index (χ0) is 13.0. The Morgan fingerprint density at radius 3 is 2.89 bits per heavy atom. The molecule has 0 amide bonds. The van der Waals surface area contributed by atoms with Gasteiger partial charge in [-0.3, -0.25) is 0 Å². The topological polar surface area (TPSA) is 42.2 Å². The SMILES string of the molecule is CCCC(C#N)=C(Cl)c1cccc2c1OCCO2. The van der Waals surface area contributed by atoms with Crippen LogP contribution in [0, 0.1) is 11.3 Å². The molecular formula is C14H14ClNO2. The van der Waals surface area contributed by atoms with E-state index in [0.29, 0.717) is 41.7 Å². The molecule has 0 aliphatic carbocycles. The number of hydrogen-bond acceptors (Lipinski definition) is 3. The predicted molar refractivity (Wildman–Crippen MR) is 70.7 cm³/mol. The van der Waals surface area contributed by atoms with Crippen molar-refractivity contribution < 1.29 is 9.47 Å². The lowest BCUT2D eigenvalue weighted by atomic mass is 10.1. The molecule has 1 aliphatic rings. The molecule has 0 saturated carbocycles. The second kappa shape index (κ2) is 5.79. The molecule has 1 heterocycles. The maximum absolute atomic E-state index is 9.13. The number of rotatable bonds is 3. The lowest BCUT2D eigenvalue weighted by Gasteiger charge is -2.21. The van der Waals surface area contributed by atoms with Gasteiger partial charge in [-0.1, -0.05) is 31.0 Å². The minimum Gasteiger partial charge on any atom is -0.486 e. The summed E-state index contributed by atoms with van der Waals surface area (Å²) in [7, 11) is 0. The minimum atomic E-state index is 0.460. The summed E-state index contributed by atoms with van der Waals surface area (Å²) in [5, 5.41) is 9.59. The number of hydrogen-bond donors (Lipinski definition) is 0. The number of para-hydroxylation sites is 1. The number of allylic oxidation sites excluding steroid dienone is 1. The molecule has 0 unspecified atom stereocenters. The smallest absolute Gasteiger partial charge is 0.170 e. The Labute approximate surface area is 112 Å². The Morgan fingerprint density at radius 2 is 2.17 bits per heavy atom. The standard InChI is InChI=1S/C14H14ClNO2/c1-2-4-10(9-16)13(15)11-5-3-6-12-14(11)18-8-7-17-12/h3,5-6H,2,4,7-8H2,1H3. The fourth-order valence-electron chi connectivity index (χ4n) is 1.87. The van der Waals surface area contributed by atoms with Gasteiger partial charge in [0.15, 0.2) is 11.5 Å².